The van der Waals surface area contributed by atoms with E-state index in [1.165, 1.54) is 0 Å². The summed E-state index contributed by atoms with van der Waals surface area (Å²) in [4.78, 5) is 15.4. The maximum Gasteiger partial charge on any atom is 0.196 e. The molecule has 0 unspecified atom stereocenters. The number of hydrogen-bond acceptors (Lipinski definition) is 5. The van der Waals surface area contributed by atoms with Crippen molar-refractivity contribution >= 4 is 16.7 Å². The highest BCUT2D eigenvalue weighted by Gasteiger charge is 2.21. The molecule has 5 nitrogen and oxygen atoms in total. The lowest BCUT2D eigenvalue weighted by atomic mass is 10.0. The Bertz CT molecular complexity index is 1070. The van der Waals surface area contributed by atoms with Gasteiger partial charge >= 0.3 is 0 Å². The zero-order valence-electron chi connectivity index (χ0n) is 15.2. The number of nitrogens with zero attached hydrogens (tertiary/aromatic N) is 2. The molecule has 1 aliphatic rings. The van der Waals surface area contributed by atoms with Crippen LogP contribution in [0.25, 0.3) is 22.3 Å². The number of nitriles is 1. The van der Waals surface area contributed by atoms with E-state index in [9.17, 15) is 10.1 Å². The van der Waals surface area contributed by atoms with Crippen molar-refractivity contribution in [1.82, 2.24) is 0 Å². The van der Waals surface area contributed by atoms with E-state index in [0.29, 0.717) is 41.1 Å². The van der Waals surface area contributed by atoms with Crippen LogP contribution >= 0.6 is 0 Å². The second-order valence-corrected chi connectivity index (χ2v) is 6.63. The van der Waals surface area contributed by atoms with Crippen LogP contribution in [0, 0.1) is 18.3 Å². The number of anilines is 1. The molecule has 0 N–H and O–H groups in total. The molecule has 0 bridgehead atoms. The lowest BCUT2D eigenvalue weighted by molar-refractivity contribution is 0.122. The van der Waals surface area contributed by atoms with Gasteiger partial charge in [-0.15, -0.1) is 0 Å². The van der Waals surface area contributed by atoms with Crippen LogP contribution in [0.4, 0.5) is 5.69 Å². The Morgan fingerprint density at radius 2 is 1.85 bits per heavy atom. The second-order valence-electron chi connectivity index (χ2n) is 6.63. The number of morpholine rings is 1. The van der Waals surface area contributed by atoms with Gasteiger partial charge in [0.1, 0.15) is 5.76 Å². The van der Waals surface area contributed by atoms with Gasteiger partial charge in [-0.2, -0.15) is 5.26 Å². The lowest BCUT2D eigenvalue weighted by Gasteiger charge is -2.29. The zero-order valence-corrected chi connectivity index (χ0v) is 15.2. The van der Waals surface area contributed by atoms with Gasteiger partial charge in [0.25, 0.3) is 0 Å². The molecule has 0 spiro atoms. The summed E-state index contributed by atoms with van der Waals surface area (Å²) in [6.45, 7) is 4.55. The van der Waals surface area contributed by atoms with Crippen LogP contribution in [0.15, 0.2) is 51.7 Å². The minimum absolute atomic E-state index is 0.0736. The third-order valence-corrected chi connectivity index (χ3v) is 4.99. The van der Waals surface area contributed by atoms with Gasteiger partial charge in [0.2, 0.25) is 0 Å². The molecule has 2 heterocycles. The zero-order chi connectivity index (χ0) is 18.8. The molecule has 1 saturated heterocycles. The molecule has 0 atom stereocenters. The molecule has 3 aromatic rings. The Labute approximate surface area is 157 Å². The number of ether oxygens (including phenoxy) is 1. The second kappa shape index (κ2) is 7.26. The Hall–Kier alpha value is -3.10. The van der Waals surface area contributed by atoms with Gasteiger partial charge in [-0.25, -0.2) is 0 Å². The van der Waals surface area contributed by atoms with Gasteiger partial charge in [0.05, 0.1) is 36.8 Å². The Kier molecular flexibility index (Phi) is 4.66. The molecule has 27 heavy (non-hydrogen) atoms. The quantitative estimate of drug-likeness (QED) is 0.713. The highest BCUT2D eigenvalue weighted by Crippen LogP contribution is 2.33. The molecule has 2 aromatic carbocycles. The fraction of sp³-hybridized carbons (Fsp3) is 0.273. The Morgan fingerprint density at radius 1 is 1.11 bits per heavy atom. The summed E-state index contributed by atoms with van der Waals surface area (Å²) in [7, 11) is 0. The van der Waals surface area contributed by atoms with Crippen molar-refractivity contribution in [3.05, 3.63) is 63.8 Å². The first-order chi connectivity index (χ1) is 13.2. The number of benzene rings is 2. The maximum absolute atomic E-state index is 13.2. The summed E-state index contributed by atoms with van der Waals surface area (Å²) in [6.07, 6.45) is 0.175. The molecule has 1 aliphatic heterocycles. The summed E-state index contributed by atoms with van der Waals surface area (Å²) in [5.74, 6) is 0.580. The lowest BCUT2D eigenvalue weighted by Crippen LogP contribution is -2.36. The van der Waals surface area contributed by atoms with E-state index in [1.54, 1.807) is 6.92 Å². The van der Waals surface area contributed by atoms with Crippen molar-refractivity contribution in [3.8, 4) is 17.4 Å². The highest BCUT2D eigenvalue weighted by atomic mass is 16.5. The summed E-state index contributed by atoms with van der Waals surface area (Å²) in [6, 6.07) is 15.6. The van der Waals surface area contributed by atoms with E-state index in [0.717, 1.165) is 24.3 Å². The van der Waals surface area contributed by atoms with Gasteiger partial charge in [-0.05, 0) is 18.6 Å². The predicted molar refractivity (Wildman–Crippen MR) is 105 cm³/mol. The van der Waals surface area contributed by atoms with Crippen molar-refractivity contribution < 1.29 is 9.15 Å². The van der Waals surface area contributed by atoms with E-state index in [4.69, 9.17) is 9.15 Å². The molecule has 136 valence electrons. The Balaban J connectivity index is 2.02. The standard InChI is InChI=1S/C22H20N2O3/c1-15-20(25)19-16(9-10-23)7-8-18(24-11-13-26-14-12-24)22(19)27-21(15)17-5-3-2-4-6-17/h2-8H,9,11-14H2,1H3. The van der Waals surface area contributed by atoms with Crippen molar-refractivity contribution in [2.75, 3.05) is 31.2 Å². The molecule has 0 amide bonds. The van der Waals surface area contributed by atoms with E-state index >= 15 is 0 Å². The minimum atomic E-state index is -0.0736. The van der Waals surface area contributed by atoms with E-state index in [1.807, 2.05) is 42.5 Å². The number of fused-ring (bicyclic) bond motifs is 1. The van der Waals surface area contributed by atoms with Crippen LogP contribution < -0.4 is 10.3 Å². The fourth-order valence-electron chi connectivity index (χ4n) is 3.58. The summed E-state index contributed by atoms with van der Waals surface area (Å²) >= 11 is 0. The largest absolute Gasteiger partial charge is 0.453 e. The average Bonchev–Trinajstić information content (AvgIpc) is 2.72. The summed E-state index contributed by atoms with van der Waals surface area (Å²) < 4.78 is 11.8. The predicted octanol–water partition coefficient (Wildman–Crippen LogP) is 3.67. The van der Waals surface area contributed by atoms with Crippen LogP contribution in [0.2, 0.25) is 0 Å². The minimum Gasteiger partial charge on any atom is -0.453 e. The molecule has 0 saturated carbocycles. The number of hydrogen-bond donors (Lipinski definition) is 0. The maximum atomic E-state index is 13.2. The van der Waals surface area contributed by atoms with Gasteiger partial charge in [0, 0.05) is 24.2 Å². The summed E-state index contributed by atoms with van der Waals surface area (Å²) in [5, 5.41) is 9.69. The van der Waals surface area contributed by atoms with Crippen LogP contribution in [0.1, 0.15) is 11.1 Å². The molecule has 1 aromatic heterocycles. The van der Waals surface area contributed by atoms with E-state index in [-0.39, 0.29) is 11.8 Å². The van der Waals surface area contributed by atoms with Crippen LogP contribution in [-0.2, 0) is 11.2 Å². The van der Waals surface area contributed by atoms with E-state index < -0.39 is 0 Å². The van der Waals surface area contributed by atoms with Gasteiger partial charge in [-0.3, -0.25) is 4.79 Å². The topological polar surface area (TPSA) is 66.5 Å². The molecule has 0 aliphatic carbocycles. The van der Waals surface area contributed by atoms with Gasteiger partial charge < -0.3 is 14.1 Å². The molecular weight excluding hydrogens is 340 g/mol. The van der Waals surface area contributed by atoms with Crippen LogP contribution in [0.3, 0.4) is 0 Å². The highest BCUT2D eigenvalue weighted by molar-refractivity contribution is 5.93. The average molecular weight is 360 g/mol. The monoisotopic (exact) mass is 360 g/mol. The smallest absolute Gasteiger partial charge is 0.196 e. The Morgan fingerprint density at radius 3 is 2.56 bits per heavy atom. The third kappa shape index (κ3) is 3.09. The van der Waals surface area contributed by atoms with Crippen molar-refractivity contribution in [2.45, 2.75) is 13.3 Å². The summed E-state index contributed by atoms with van der Waals surface area (Å²) in [5.41, 5.74) is 3.50. The first kappa shape index (κ1) is 17.3. The van der Waals surface area contributed by atoms with Gasteiger partial charge in [-0.1, -0.05) is 36.4 Å². The molecule has 1 fully saturated rings. The van der Waals surface area contributed by atoms with Crippen molar-refractivity contribution in [2.24, 2.45) is 0 Å². The SMILES string of the molecule is Cc1c(-c2ccccc2)oc2c(N3CCOCC3)ccc(CC#N)c2c1=O. The molecule has 0 radical (unpaired) electrons. The van der Waals surface area contributed by atoms with Crippen LogP contribution in [-0.4, -0.2) is 26.3 Å². The van der Waals surface area contributed by atoms with Gasteiger partial charge in [0.15, 0.2) is 11.0 Å². The normalized spacial score (nSPS) is 14.3. The van der Waals surface area contributed by atoms with Crippen LogP contribution in [0.5, 0.6) is 0 Å². The third-order valence-electron chi connectivity index (χ3n) is 4.99. The molecule has 4 rings (SSSR count). The molecule has 5 heteroatoms. The molecular formula is C22H20N2O3. The van der Waals surface area contributed by atoms with E-state index in [2.05, 4.69) is 11.0 Å². The first-order valence-electron chi connectivity index (χ1n) is 9.05. The van der Waals surface area contributed by atoms with Crippen molar-refractivity contribution in [3.63, 3.8) is 0 Å². The fourth-order valence-corrected chi connectivity index (χ4v) is 3.58. The number of rotatable bonds is 3. The van der Waals surface area contributed by atoms with Crippen molar-refractivity contribution in [1.29, 1.82) is 5.26 Å². The first-order valence-corrected chi connectivity index (χ1v) is 9.05.